The van der Waals surface area contributed by atoms with Gasteiger partial charge in [-0.05, 0) is 52.8 Å². The summed E-state index contributed by atoms with van der Waals surface area (Å²) in [6.07, 6.45) is -1.01. The second-order valence-corrected chi connectivity index (χ2v) is 10.4. The summed E-state index contributed by atoms with van der Waals surface area (Å²) >= 11 is 0. The Morgan fingerprint density at radius 2 is 1.53 bits per heavy atom. The molecule has 1 unspecified atom stereocenters. The van der Waals surface area contributed by atoms with Crippen LogP contribution < -0.4 is 0 Å². The Morgan fingerprint density at radius 1 is 0.969 bits per heavy atom. The molecule has 0 aromatic heterocycles. The molecule has 1 aliphatic heterocycles. The molecule has 1 heterocycles. The van der Waals surface area contributed by atoms with Crippen molar-refractivity contribution in [3.05, 3.63) is 29.8 Å². The summed E-state index contributed by atoms with van der Waals surface area (Å²) in [5.74, 6) is -1.17. The van der Waals surface area contributed by atoms with Crippen molar-refractivity contribution < 1.29 is 27.5 Å². The molecule has 1 atom stereocenters. The Morgan fingerprint density at radius 3 is 2.03 bits per heavy atom. The maximum atomic E-state index is 13.0. The van der Waals surface area contributed by atoms with Crippen LogP contribution in [0.4, 0.5) is 0 Å². The second kappa shape index (κ2) is 10.4. The smallest absolute Gasteiger partial charge is 0.338 e. The minimum absolute atomic E-state index is 0.0341. The van der Waals surface area contributed by atoms with Gasteiger partial charge < -0.3 is 14.5 Å². The van der Waals surface area contributed by atoms with Gasteiger partial charge in [0, 0.05) is 45.2 Å². The number of sulfonamides is 1. The van der Waals surface area contributed by atoms with Crippen molar-refractivity contribution in [1.29, 1.82) is 0 Å². The van der Waals surface area contributed by atoms with E-state index in [2.05, 4.69) is 0 Å². The number of rotatable bonds is 7. The summed E-state index contributed by atoms with van der Waals surface area (Å²) in [6.45, 7) is 11.5. The van der Waals surface area contributed by atoms with E-state index in [0.29, 0.717) is 13.1 Å². The highest BCUT2D eigenvalue weighted by Crippen LogP contribution is 2.20. The third kappa shape index (κ3) is 5.86. The van der Waals surface area contributed by atoms with Crippen molar-refractivity contribution in [2.24, 2.45) is 0 Å². The Kier molecular flexibility index (Phi) is 8.41. The van der Waals surface area contributed by atoms with Crippen LogP contribution in [0, 0.1) is 0 Å². The Hall–Kier alpha value is -2.46. The summed E-state index contributed by atoms with van der Waals surface area (Å²) in [6, 6.07) is 5.48. The molecule has 0 saturated carbocycles. The maximum Gasteiger partial charge on any atom is 0.338 e. The third-order valence-electron chi connectivity index (χ3n) is 5.39. The normalized spacial score (nSPS) is 16.2. The summed E-state index contributed by atoms with van der Waals surface area (Å²) < 4.78 is 32.7. The van der Waals surface area contributed by atoms with Gasteiger partial charge in [-0.25, -0.2) is 13.2 Å². The van der Waals surface area contributed by atoms with Crippen LogP contribution in [0.25, 0.3) is 0 Å². The number of nitrogens with zero attached hydrogens (tertiary/aromatic N) is 3. The molecule has 2 rings (SSSR count). The molecule has 1 saturated heterocycles. The number of hydrogen-bond acceptors (Lipinski definition) is 6. The van der Waals surface area contributed by atoms with Crippen molar-refractivity contribution in [2.75, 3.05) is 26.2 Å². The van der Waals surface area contributed by atoms with E-state index in [0.717, 1.165) is 0 Å². The molecule has 1 aromatic rings. The highest BCUT2D eigenvalue weighted by molar-refractivity contribution is 7.89. The van der Waals surface area contributed by atoms with E-state index in [4.69, 9.17) is 4.74 Å². The van der Waals surface area contributed by atoms with Crippen molar-refractivity contribution in [3.63, 3.8) is 0 Å². The Balaban J connectivity index is 2.14. The molecule has 2 amide bonds. The lowest BCUT2D eigenvalue weighted by Crippen LogP contribution is -2.49. The zero-order valence-electron chi connectivity index (χ0n) is 19.6. The second-order valence-electron chi connectivity index (χ2n) is 8.42. The average molecular weight is 468 g/mol. The van der Waals surface area contributed by atoms with Gasteiger partial charge in [0.25, 0.3) is 5.91 Å². The van der Waals surface area contributed by atoms with Gasteiger partial charge in [-0.1, -0.05) is 6.07 Å². The number of ether oxygens (including phenoxy) is 1. The van der Waals surface area contributed by atoms with Gasteiger partial charge in [0.2, 0.25) is 15.9 Å². The third-order valence-corrected chi connectivity index (χ3v) is 7.28. The van der Waals surface area contributed by atoms with Crippen LogP contribution in [0.2, 0.25) is 0 Å². The Labute approximate surface area is 190 Å². The number of carbonyl (C=O) groups excluding carboxylic acids is 3. The number of benzene rings is 1. The fraction of sp³-hybridized carbons (Fsp3) is 0.591. The van der Waals surface area contributed by atoms with Crippen LogP contribution in [0.5, 0.6) is 0 Å². The maximum absolute atomic E-state index is 13.0. The zero-order chi connectivity index (χ0) is 24.2. The standard InChI is InChI=1S/C22H33N3O6S/c1-15(2)25(16(3)4)21(27)17(5)31-22(28)19-8-7-9-20(14-19)32(29,30)24-12-10-23(11-13-24)18(6)26/h7-9,14-17H,10-13H2,1-6H3. The molecule has 0 spiro atoms. The molecular formula is C22H33N3O6S. The average Bonchev–Trinajstić information content (AvgIpc) is 2.73. The van der Waals surface area contributed by atoms with E-state index in [9.17, 15) is 22.8 Å². The van der Waals surface area contributed by atoms with Gasteiger partial charge in [0.05, 0.1) is 10.5 Å². The van der Waals surface area contributed by atoms with E-state index in [1.54, 1.807) is 9.80 Å². The van der Waals surface area contributed by atoms with Crippen molar-refractivity contribution in [1.82, 2.24) is 14.1 Å². The molecule has 32 heavy (non-hydrogen) atoms. The first-order chi connectivity index (χ1) is 14.9. The van der Waals surface area contributed by atoms with E-state index in [1.165, 1.54) is 42.4 Å². The highest BCUT2D eigenvalue weighted by Gasteiger charge is 2.31. The molecule has 178 valence electrons. The summed E-state index contributed by atoms with van der Waals surface area (Å²) in [5.41, 5.74) is 0.0498. The lowest BCUT2D eigenvalue weighted by molar-refractivity contribution is -0.143. The van der Waals surface area contributed by atoms with E-state index in [-0.39, 0.29) is 47.4 Å². The fourth-order valence-corrected chi connectivity index (χ4v) is 5.24. The molecule has 1 aliphatic rings. The first-order valence-corrected chi connectivity index (χ1v) is 12.2. The van der Waals surface area contributed by atoms with Crippen LogP contribution in [0.3, 0.4) is 0 Å². The van der Waals surface area contributed by atoms with E-state index < -0.39 is 22.1 Å². The minimum Gasteiger partial charge on any atom is -0.449 e. The topological polar surface area (TPSA) is 104 Å². The monoisotopic (exact) mass is 467 g/mol. The largest absolute Gasteiger partial charge is 0.449 e. The molecular weight excluding hydrogens is 434 g/mol. The summed E-state index contributed by atoms with van der Waals surface area (Å²) in [7, 11) is -3.84. The van der Waals surface area contributed by atoms with Gasteiger partial charge in [-0.15, -0.1) is 0 Å². The number of esters is 1. The summed E-state index contributed by atoms with van der Waals surface area (Å²) in [5, 5.41) is 0. The molecule has 9 nitrogen and oxygen atoms in total. The molecule has 0 N–H and O–H groups in total. The van der Waals surface area contributed by atoms with Crippen LogP contribution in [0.15, 0.2) is 29.2 Å². The van der Waals surface area contributed by atoms with E-state index >= 15 is 0 Å². The first-order valence-electron chi connectivity index (χ1n) is 10.7. The van der Waals surface area contributed by atoms with Gasteiger partial charge in [-0.2, -0.15) is 4.31 Å². The first kappa shape index (κ1) is 25.8. The van der Waals surface area contributed by atoms with Gasteiger partial charge >= 0.3 is 5.97 Å². The van der Waals surface area contributed by atoms with E-state index in [1.807, 2.05) is 27.7 Å². The van der Waals surface area contributed by atoms with Crippen molar-refractivity contribution in [2.45, 2.75) is 64.6 Å². The fourth-order valence-electron chi connectivity index (χ4n) is 3.77. The molecule has 10 heteroatoms. The van der Waals surface area contributed by atoms with Gasteiger partial charge in [-0.3, -0.25) is 9.59 Å². The van der Waals surface area contributed by atoms with Crippen LogP contribution in [0.1, 0.15) is 51.9 Å². The minimum atomic E-state index is -3.84. The quantitative estimate of drug-likeness (QED) is 0.566. The van der Waals surface area contributed by atoms with Crippen LogP contribution >= 0.6 is 0 Å². The van der Waals surface area contributed by atoms with Crippen LogP contribution in [-0.2, 0) is 24.3 Å². The number of amides is 2. The zero-order valence-corrected chi connectivity index (χ0v) is 20.4. The molecule has 0 aliphatic carbocycles. The number of piperazine rings is 1. The van der Waals surface area contributed by atoms with Crippen molar-refractivity contribution >= 4 is 27.8 Å². The van der Waals surface area contributed by atoms with Crippen LogP contribution in [-0.4, -0.2) is 84.7 Å². The van der Waals surface area contributed by atoms with Gasteiger partial charge in [0.15, 0.2) is 6.10 Å². The van der Waals surface area contributed by atoms with Crippen molar-refractivity contribution in [3.8, 4) is 0 Å². The predicted octanol–water partition coefficient (Wildman–Crippen LogP) is 1.73. The molecule has 1 fully saturated rings. The number of carbonyl (C=O) groups is 3. The molecule has 0 radical (unpaired) electrons. The number of hydrogen-bond donors (Lipinski definition) is 0. The van der Waals surface area contributed by atoms with Gasteiger partial charge in [0.1, 0.15) is 0 Å². The summed E-state index contributed by atoms with van der Waals surface area (Å²) in [4.78, 5) is 40.0. The lowest BCUT2D eigenvalue weighted by Gasteiger charge is -2.33. The lowest BCUT2D eigenvalue weighted by atomic mass is 10.2. The molecule has 0 bridgehead atoms. The Bertz CT molecular complexity index is 944. The highest BCUT2D eigenvalue weighted by atomic mass is 32.2. The molecule has 1 aromatic carbocycles. The SMILES string of the molecule is CC(=O)N1CCN(S(=O)(=O)c2cccc(C(=O)OC(C)C(=O)N(C(C)C)C(C)C)c2)CC1. The predicted molar refractivity (Wildman–Crippen MR) is 119 cm³/mol.